The highest BCUT2D eigenvalue weighted by atomic mass is 35.5. The second-order valence-electron chi connectivity index (χ2n) is 6.33. The van der Waals surface area contributed by atoms with Gasteiger partial charge in [-0.15, -0.1) is 10.2 Å². The molecule has 0 unspecified atom stereocenters. The zero-order valence-corrected chi connectivity index (χ0v) is 16.3. The van der Waals surface area contributed by atoms with Crippen molar-refractivity contribution in [2.24, 2.45) is 5.92 Å². The summed E-state index contributed by atoms with van der Waals surface area (Å²) in [6, 6.07) is 7.04. The summed E-state index contributed by atoms with van der Waals surface area (Å²) in [5.74, 6) is -0.296. The molecular formula is C18H21ClN4O2S. The Morgan fingerprint density at radius 2 is 2.00 bits per heavy atom. The maximum absolute atomic E-state index is 12.5. The van der Waals surface area contributed by atoms with E-state index in [1.54, 1.807) is 29.2 Å². The summed E-state index contributed by atoms with van der Waals surface area (Å²) in [7, 11) is 0. The number of carbonyl (C=O) groups excluding carboxylic acids is 2. The quantitative estimate of drug-likeness (QED) is 0.803. The molecule has 26 heavy (non-hydrogen) atoms. The molecule has 8 heteroatoms. The maximum atomic E-state index is 12.5. The smallest absolute Gasteiger partial charge is 0.231 e. The average Bonchev–Trinajstić information content (AvgIpc) is 3.24. The first-order valence-electron chi connectivity index (χ1n) is 8.72. The van der Waals surface area contributed by atoms with E-state index < -0.39 is 5.92 Å². The molecule has 2 heterocycles. The SMILES string of the molecule is CCC(CC)c1nnc(NC(=O)[C@@H]2CC(=O)N(c3ccc(Cl)cc3)C2)s1. The van der Waals surface area contributed by atoms with Crippen LogP contribution in [0.15, 0.2) is 24.3 Å². The van der Waals surface area contributed by atoms with Crippen molar-refractivity contribution in [2.45, 2.75) is 39.0 Å². The topological polar surface area (TPSA) is 75.2 Å². The molecule has 0 saturated carbocycles. The fraction of sp³-hybridized carbons (Fsp3) is 0.444. The predicted molar refractivity (Wildman–Crippen MR) is 104 cm³/mol. The van der Waals surface area contributed by atoms with E-state index in [1.165, 1.54) is 11.3 Å². The molecule has 0 radical (unpaired) electrons. The first kappa shape index (κ1) is 18.8. The van der Waals surface area contributed by atoms with Gasteiger partial charge in [0.2, 0.25) is 16.9 Å². The van der Waals surface area contributed by atoms with Crippen LogP contribution < -0.4 is 10.2 Å². The van der Waals surface area contributed by atoms with Crippen molar-refractivity contribution >= 4 is 45.6 Å². The van der Waals surface area contributed by atoms with Crippen LogP contribution in [0.25, 0.3) is 0 Å². The Kier molecular flexibility index (Phi) is 5.88. The molecule has 6 nitrogen and oxygen atoms in total. The summed E-state index contributed by atoms with van der Waals surface area (Å²) in [6.07, 6.45) is 2.17. The molecule has 1 atom stereocenters. The van der Waals surface area contributed by atoms with Crippen molar-refractivity contribution in [1.29, 1.82) is 0 Å². The number of hydrogen-bond acceptors (Lipinski definition) is 5. The van der Waals surface area contributed by atoms with Crippen molar-refractivity contribution < 1.29 is 9.59 Å². The second-order valence-corrected chi connectivity index (χ2v) is 7.78. The molecule has 1 N–H and O–H groups in total. The van der Waals surface area contributed by atoms with Crippen molar-refractivity contribution in [2.75, 3.05) is 16.8 Å². The zero-order chi connectivity index (χ0) is 18.7. The largest absolute Gasteiger partial charge is 0.312 e. The molecule has 1 aliphatic heterocycles. The molecule has 0 bridgehead atoms. The molecule has 1 aromatic carbocycles. The van der Waals surface area contributed by atoms with Gasteiger partial charge in [0.25, 0.3) is 0 Å². The Bertz CT molecular complexity index is 789. The Morgan fingerprint density at radius 3 is 2.65 bits per heavy atom. The number of anilines is 2. The van der Waals surface area contributed by atoms with Gasteiger partial charge in [0.05, 0.1) is 5.92 Å². The normalized spacial score (nSPS) is 17.2. The van der Waals surface area contributed by atoms with Crippen LogP contribution in [0.3, 0.4) is 0 Å². The van der Waals surface area contributed by atoms with Gasteiger partial charge >= 0.3 is 0 Å². The van der Waals surface area contributed by atoms with Crippen LogP contribution in [-0.2, 0) is 9.59 Å². The number of nitrogens with zero attached hydrogens (tertiary/aromatic N) is 3. The fourth-order valence-corrected chi connectivity index (χ4v) is 4.19. The molecule has 1 fully saturated rings. The highest BCUT2D eigenvalue weighted by Crippen LogP contribution is 2.30. The van der Waals surface area contributed by atoms with Gasteiger partial charge in [-0.05, 0) is 37.1 Å². The van der Waals surface area contributed by atoms with E-state index in [1.807, 2.05) is 0 Å². The second kappa shape index (κ2) is 8.14. The van der Waals surface area contributed by atoms with E-state index in [4.69, 9.17) is 11.6 Å². The molecule has 2 aromatic rings. The van der Waals surface area contributed by atoms with Crippen LogP contribution in [0.2, 0.25) is 5.02 Å². The third kappa shape index (κ3) is 4.04. The lowest BCUT2D eigenvalue weighted by atomic mass is 10.1. The van der Waals surface area contributed by atoms with Crippen molar-refractivity contribution in [1.82, 2.24) is 10.2 Å². The van der Waals surface area contributed by atoms with Gasteiger partial charge in [0.1, 0.15) is 5.01 Å². The Morgan fingerprint density at radius 1 is 1.31 bits per heavy atom. The number of hydrogen-bond donors (Lipinski definition) is 1. The average molecular weight is 393 g/mol. The van der Waals surface area contributed by atoms with Crippen LogP contribution in [-0.4, -0.2) is 28.6 Å². The summed E-state index contributed by atoms with van der Waals surface area (Å²) in [6.45, 7) is 4.58. The van der Waals surface area contributed by atoms with Crippen LogP contribution in [0.4, 0.5) is 10.8 Å². The number of amides is 2. The minimum absolute atomic E-state index is 0.0672. The molecule has 0 spiro atoms. The predicted octanol–water partition coefficient (Wildman–Crippen LogP) is 4.09. The minimum Gasteiger partial charge on any atom is -0.312 e. The molecule has 2 amide bonds. The van der Waals surface area contributed by atoms with Gasteiger partial charge in [-0.3, -0.25) is 9.59 Å². The highest BCUT2D eigenvalue weighted by molar-refractivity contribution is 7.15. The molecule has 1 saturated heterocycles. The van der Waals surface area contributed by atoms with E-state index in [9.17, 15) is 9.59 Å². The van der Waals surface area contributed by atoms with Crippen molar-refractivity contribution in [3.8, 4) is 0 Å². The number of aromatic nitrogens is 2. The van der Waals surface area contributed by atoms with E-state index in [0.717, 1.165) is 23.5 Å². The molecule has 3 rings (SSSR count). The lowest BCUT2D eigenvalue weighted by Crippen LogP contribution is -2.28. The summed E-state index contributed by atoms with van der Waals surface area (Å²) in [5.41, 5.74) is 0.752. The first-order chi connectivity index (χ1) is 12.5. The van der Waals surface area contributed by atoms with Crippen molar-refractivity contribution in [3.05, 3.63) is 34.3 Å². The van der Waals surface area contributed by atoms with Crippen LogP contribution in [0, 0.1) is 5.92 Å². The maximum Gasteiger partial charge on any atom is 0.231 e. The highest BCUT2D eigenvalue weighted by Gasteiger charge is 2.35. The number of carbonyl (C=O) groups is 2. The zero-order valence-electron chi connectivity index (χ0n) is 14.7. The van der Waals surface area contributed by atoms with E-state index in [-0.39, 0.29) is 18.2 Å². The summed E-state index contributed by atoms with van der Waals surface area (Å²) < 4.78 is 0. The van der Waals surface area contributed by atoms with Crippen molar-refractivity contribution in [3.63, 3.8) is 0 Å². The van der Waals surface area contributed by atoms with Crippen LogP contribution in [0.1, 0.15) is 44.0 Å². The summed E-state index contributed by atoms with van der Waals surface area (Å²) in [5, 5.41) is 13.1. The number of benzene rings is 1. The Balaban J connectivity index is 1.64. The Labute approximate surface area is 161 Å². The van der Waals surface area contributed by atoms with Gasteiger partial charge in [0.15, 0.2) is 0 Å². The van der Waals surface area contributed by atoms with Gasteiger partial charge in [0, 0.05) is 29.6 Å². The third-order valence-corrected chi connectivity index (χ3v) is 5.89. The number of rotatable bonds is 6. The molecule has 138 valence electrons. The van der Waals surface area contributed by atoms with E-state index >= 15 is 0 Å². The van der Waals surface area contributed by atoms with E-state index in [0.29, 0.717) is 22.6 Å². The van der Waals surface area contributed by atoms with Crippen LogP contribution >= 0.6 is 22.9 Å². The minimum atomic E-state index is -0.404. The fourth-order valence-electron chi connectivity index (χ4n) is 3.05. The Hall–Kier alpha value is -1.99. The lowest BCUT2D eigenvalue weighted by molar-refractivity contribution is -0.122. The lowest BCUT2D eigenvalue weighted by Gasteiger charge is -2.16. The van der Waals surface area contributed by atoms with Gasteiger partial charge in [-0.1, -0.05) is 36.8 Å². The van der Waals surface area contributed by atoms with Gasteiger partial charge in [-0.2, -0.15) is 0 Å². The number of nitrogens with one attached hydrogen (secondary N) is 1. The first-order valence-corrected chi connectivity index (χ1v) is 9.91. The van der Waals surface area contributed by atoms with Gasteiger partial charge in [-0.25, -0.2) is 0 Å². The monoisotopic (exact) mass is 392 g/mol. The third-order valence-electron chi connectivity index (χ3n) is 4.64. The molecule has 0 aliphatic carbocycles. The molecular weight excluding hydrogens is 372 g/mol. The van der Waals surface area contributed by atoms with Gasteiger partial charge < -0.3 is 10.2 Å². The number of halogens is 1. The van der Waals surface area contributed by atoms with Crippen LogP contribution in [0.5, 0.6) is 0 Å². The molecule has 1 aliphatic rings. The summed E-state index contributed by atoms with van der Waals surface area (Å²) >= 11 is 7.30. The summed E-state index contributed by atoms with van der Waals surface area (Å²) in [4.78, 5) is 26.4. The van der Waals surface area contributed by atoms with E-state index in [2.05, 4.69) is 29.4 Å². The standard InChI is InChI=1S/C18H21ClN4O2S/c1-3-11(4-2)17-21-22-18(26-17)20-16(25)12-9-15(24)23(10-12)14-7-5-13(19)6-8-14/h5-8,11-12H,3-4,9-10H2,1-2H3,(H,20,22,25)/t12-/m1/s1. The molecule has 1 aromatic heterocycles.